The third kappa shape index (κ3) is 49.7. The second kappa shape index (κ2) is 60.4. The molecule has 0 aromatic rings. The van der Waals surface area contributed by atoms with Gasteiger partial charge in [0.1, 0.15) is 18.8 Å². The summed E-state index contributed by atoms with van der Waals surface area (Å²) < 4.78 is 28.5. The highest BCUT2D eigenvalue weighted by Crippen LogP contribution is 2.26. The molecule has 0 amide bonds. The van der Waals surface area contributed by atoms with Gasteiger partial charge < -0.3 is 39.0 Å². The van der Waals surface area contributed by atoms with Gasteiger partial charge in [-0.2, -0.15) is 0 Å². The normalized spacial score (nSPS) is 18.5. The van der Waals surface area contributed by atoms with Gasteiger partial charge in [-0.3, -0.25) is 14.4 Å². The van der Waals surface area contributed by atoms with Crippen LogP contribution in [0.3, 0.4) is 0 Å². The number of carboxylic acids is 1. The summed E-state index contributed by atoms with van der Waals surface area (Å²) in [5.41, 5.74) is 0. The van der Waals surface area contributed by atoms with E-state index in [1.807, 2.05) is 0 Å². The predicted molar refractivity (Wildman–Crippen MR) is 358 cm³/mol. The molecule has 0 aromatic heterocycles. The van der Waals surface area contributed by atoms with Gasteiger partial charge in [0.25, 0.3) is 0 Å². The minimum Gasteiger partial charge on any atom is -0.479 e. The van der Waals surface area contributed by atoms with E-state index in [0.717, 1.165) is 167 Å². The summed E-state index contributed by atoms with van der Waals surface area (Å²) >= 11 is 0. The van der Waals surface area contributed by atoms with E-state index < -0.39 is 67.3 Å². The molecule has 12 heteroatoms. The van der Waals surface area contributed by atoms with Crippen LogP contribution in [-0.2, 0) is 42.9 Å². The number of carbonyl (C=O) groups excluding carboxylic acids is 3. The van der Waals surface area contributed by atoms with Crippen molar-refractivity contribution in [1.82, 2.24) is 0 Å². The summed E-state index contributed by atoms with van der Waals surface area (Å²) in [7, 11) is 0. The van der Waals surface area contributed by atoms with E-state index in [4.69, 9.17) is 23.7 Å². The zero-order valence-electron chi connectivity index (χ0n) is 53.7. The van der Waals surface area contributed by atoms with Crippen molar-refractivity contribution < 1.29 is 58.2 Å². The molecule has 0 spiro atoms. The molecule has 6 unspecified atom stereocenters. The Bertz CT molecular complexity index is 2160. The minimum atomic E-state index is -1.93. The number of allylic oxidation sites excluding steroid dienone is 28. The smallest absolute Gasteiger partial charge is 0.335 e. The third-order valence-electron chi connectivity index (χ3n) is 13.8. The molecular weight excluding hydrogens is 1090 g/mol. The maximum absolute atomic E-state index is 13.2. The molecular formula is C75H114O12. The van der Waals surface area contributed by atoms with Crippen LogP contribution in [0.5, 0.6) is 0 Å². The van der Waals surface area contributed by atoms with Crippen molar-refractivity contribution in [3.05, 3.63) is 170 Å². The number of aliphatic hydroxyl groups is 2. The number of ether oxygens (including phenoxy) is 5. The number of hydrogen-bond acceptors (Lipinski definition) is 11. The average molecular weight is 1210 g/mol. The number of rotatable bonds is 54. The number of aliphatic hydroxyl groups excluding tert-OH is 2. The summed E-state index contributed by atoms with van der Waals surface area (Å²) in [6.45, 7) is 5.59. The summed E-state index contributed by atoms with van der Waals surface area (Å²) in [4.78, 5) is 51.4. The molecule has 1 fully saturated rings. The summed E-state index contributed by atoms with van der Waals surface area (Å²) in [5.74, 6) is -3.25. The lowest BCUT2D eigenvalue weighted by Crippen LogP contribution is -2.61. The molecule has 1 aliphatic heterocycles. The number of carbonyl (C=O) groups is 4. The number of hydrogen-bond donors (Lipinski definition) is 3. The highest BCUT2D eigenvalue weighted by atomic mass is 16.7. The fourth-order valence-electron chi connectivity index (χ4n) is 8.82. The van der Waals surface area contributed by atoms with Gasteiger partial charge in [0.15, 0.2) is 24.6 Å². The van der Waals surface area contributed by atoms with Gasteiger partial charge in [0.2, 0.25) is 0 Å². The molecule has 87 heavy (non-hydrogen) atoms. The van der Waals surface area contributed by atoms with Crippen molar-refractivity contribution in [1.29, 1.82) is 0 Å². The van der Waals surface area contributed by atoms with Crippen molar-refractivity contribution in [2.24, 2.45) is 0 Å². The minimum absolute atomic E-state index is 0.0260. The first kappa shape index (κ1) is 79.1. The molecule has 1 aliphatic rings. The first-order chi connectivity index (χ1) is 42.6. The summed E-state index contributed by atoms with van der Waals surface area (Å²) in [6.07, 6.45) is 77.3. The quantitative estimate of drug-likeness (QED) is 0.0228. The fourth-order valence-corrected chi connectivity index (χ4v) is 8.82. The SMILES string of the molecule is CC/C=C\C/C=C\C/C=C\C/C=C\C/C=C\CCCCCC(=O)OCC(COC1OC(C(=O)O)C(O)C(O)C1OC(=O)CCCCCCCC/C=C\C/C=C\C/C=C\C/C=C\CC)OC(=O)CCCCC/C=C\C/C=C\C/C=C\C/C=C\C/C=C\CC. The van der Waals surface area contributed by atoms with Gasteiger partial charge in [-0.05, 0) is 148 Å². The number of unbranched alkanes of at least 4 members (excludes halogenated alkanes) is 12. The third-order valence-corrected chi connectivity index (χ3v) is 13.8. The Labute approximate surface area is 526 Å². The Morgan fingerprint density at radius 3 is 1.06 bits per heavy atom. The molecule has 1 rings (SSSR count). The van der Waals surface area contributed by atoms with E-state index in [2.05, 4.69) is 191 Å². The molecule has 12 nitrogen and oxygen atoms in total. The Hall–Kier alpha value is -5.92. The summed E-state index contributed by atoms with van der Waals surface area (Å²) in [6, 6.07) is 0. The van der Waals surface area contributed by atoms with Gasteiger partial charge in [0, 0.05) is 19.3 Å². The second-order valence-corrected chi connectivity index (χ2v) is 21.6. The maximum Gasteiger partial charge on any atom is 0.335 e. The predicted octanol–water partition coefficient (Wildman–Crippen LogP) is 18.2. The van der Waals surface area contributed by atoms with E-state index in [1.54, 1.807) is 0 Å². The van der Waals surface area contributed by atoms with Gasteiger partial charge in [-0.25, -0.2) is 4.79 Å². The molecule has 0 aromatic carbocycles. The first-order valence-corrected chi connectivity index (χ1v) is 33.1. The van der Waals surface area contributed by atoms with Crippen LogP contribution < -0.4 is 0 Å². The molecule has 0 aliphatic carbocycles. The van der Waals surface area contributed by atoms with Crippen LogP contribution in [-0.4, -0.2) is 89.2 Å². The molecule has 1 heterocycles. The molecule has 486 valence electrons. The fraction of sp³-hybridized carbons (Fsp3) is 0.573. The van der Waals surface area contributed by atoms with Crippen molar-refractivity contribution in [2.75, 3.05) is 13.2 Å². The largest absolute Gasteiger partial charge is 0.479 e. The van der Waals surface area contributed by atoms with Crippen LogP contribution in [0.1, 0.15) is 226 Å². The first-order valence-electron chi connectivity index (χ1n) is 33.1. The Morgan fingerprint density at radius 1 is 0.379 bits per heavy atom. The standard InChI is InChI=1S/C75H114O12/c1-4-7-10-13-16-19-22-25-28-31-34-37-40-43-46-49-52-55-58-61-67(76)83-64-66(85-68(77)62-59-56-53-50-47-44-41-38-35-32-29-26-23-20-17-14-11-8-5-2)65-84-75-73(71(80)70(79)72(87-75)74(81)82)86-69(78)63-60-57-54-51-48-45-42-39-36-33-30-27-24-21-18-15-12-9-6-3/h7-12,16-21,25-30,34-39,43-44,46-47,66,70-73,75,79-80H,4-6,13-15,22-24,31-33,40-42,45,48-65H2,1-3H3,(H,81,82)/b10-7-,11-8-,12-9-,19-16-,20-17-,21-18-,28-25-,29-26-,30-27-,37-34-,38-35-,39-36-,46-43-,47-44-. The van der Waals surface area contributed by atoms with E-state index in [-0.39, 0.29) is 25.9 Å². The maximum atomic E-state index is 13.2. The van der Waals surface area contributed by atoms with Crippen molar-refractivity contribution in [3.8, 4) is 0 Å². The molecule has 0 bridgehead atoms. The monoisotopic (exact) mass is 1210 g/mol. The van der Waals surface area contributed by atoms with E-state index in [1.165, 1.54) is 0 Å². The zero-order valence-corrected chi connectivity index (χ0v) is 53.7. The lowest BCUT2D eigenvalue weighted by molar-refractivity contribution is -0.301. The van der Waals surface area contributed by atoms with Crippen molar-refractivity contribution >= 4 is 23.9 Å². The van der Waals surface area contributed by atoms with Crippen LogP contribution in [0.15, 0.2) is 170 Å². The lowest BCUT2D eigenvalue weighted by Gasteiger charge is -2.40. The van der Waals surface area contributed by atoms with Gasteiger partial charge in [0.05, 0.1) is 6.61 Å². The highest BCUT2D eigenvalue weighted by molar-refractivity contribution is 5.74. The van der Waals surface area contributed by atoms with Crippen LogP contribution in [0, 0.1) is 0 Å². The van der Waals surface area contributed by atoms with Gasteiger partial charge in [-0.15, -0.1) is 0 Å². The number of carboxylic acid groups (broad SMARTS) is 1. The average Bonchev–Trinajstić information content (AvgIpc) is 2.56. The van der Waals surface area contributed by atoms with E-state index >= 15 is 0 Å². The molecule has 6 atom stereocenters. The van der Waals surface area contributed by atoms with Crippen LogP contribution in [0.2, 0.25) is 0 Å². The lowest BCUT2D eigenvalue weighted by atomic mass is 9.98. The molecule has 1 saturated heterocycles. The number of esters is 3. The summed E-state index contributed by atoms with van der Waals surface area (Å²) in [5, 5.41) is 31.6. The highest BCUT2D eigenvalue weighted by Gasteiger charge is 2.50. The van der Waals surface area contributed by atoms with E-state index in [0.29, 0.717) is 19.3 Å². The van der Waals surface area contributed by atoms with Crippen LogP contribution in [0.4, 0.5) is 0 Å². The topological polar surface area (TPSA) is 175 Å². The van der Waals surface area contributed by atoms with Crippen molar-refractivity contribution in [2.45, 2.75) is 263 Å². The Balaban J connectivity index is 2.73. The Kier molecular flexibility index (Phi) is 54.9. The molecule has 3 N–H and O–H groups in total. The van der Waals surface area contributed by atoms with Crippen molar-refractivity contribution in [3.63, 3.8) is 0 Å². The zero-order chi connectivity index (χ0) is 63.1. The van der Waals surface area contributed by atoms with Gasteiger partial charge in [-0.1, -0.05) is 229 Å². The van der Waals surface area contributed by atoms with Crippen LogP contribution >= 0.6 is 0 Å². The second-order valence-electron chi connectivity index (χ2n) is 21.6. The number of aliphatic carboxylic acids is 1. The Morgan fingerprint density at radius 2 is 0.690 bits per heavy atom. The van der Waals surface area contributed by atoms with Crippen LogP contribution in [0.25, 0.3) is 0 Å². The molecule has 0 saturated carbocycles. The van der Waals surface area contributed by atoms with Gasteiger partial charge >= 0.3 is 23.9 Å². The molecule has 0 radical (unpaired) electrons. The van der Waals surface area contributed by atoms with E-state index in [9.17, 15) is 34.5 Å².